The molecule has 1 saturated heterocycles. The number of benzene rings is 2. The third-order valence-corrected chi connectivity index (χ3v) is 5.03. The van der Waals surface area contributed by atoms with E-state index in [0.717, 1.165) is 47.8 Å². The van der Waals surface area contributed by atoms with Crippen molar-refractivity contribution in [3.05, 3.63) is 48.0 Å². The van der Waals surface area contributed by atoms with Crippen LogP contribution in [-0.2, 0) is 6.54 Å². The lowest BCUT2D eigenvalue weighted by Crippen LogP contribution is -2.32. The lowest BCUT2D eigenvalue weighted by molar-refractivity contribution is 0.341. The Morgan fingerprint density at radius 3 is 2.92 bits per heavy atom. The Morgan fingerprint density at radius 2 is 2.12 bits per heavy atom. The number of aryl methyl sites for hydroxylation is 1. The zero-order valence-electron chi connectivity index (χ0n) is 14.1. The molecule has 0 bridgehead atoms. The number of para-hydroxylation sites is 2. The summed E-state index contributed by atoms with van der Waals surface area (Å²) >= 11 is 0. The largest absolute Gasteiger partial charge is 0.398 e. The highest BCUT2D eigenvalue weighted by Gasteiger charge is 2.19. The molecule has 1 fully saturated rings. The van der Waals surface area contributed by atoms with Gasteiger partial charge in [-0.05, 0) is 62.5 Å². The molecular formula is C20H24N4. The standard InChI is InChI=1S/C20H24N4/c1-14-8-9-16(11-17(14)21)20-23-18-6-2-3-7-19(18)24(20)13-15-5-4-10-22-12-15/h2-3,6-9,11,15,22H,4-5,10,12-13,21H2,1H3. The summed E-state index contributed by atoms with van der Waals surface area (Å²) in [5, 5.41) is 3.52. The second-order valence-electron chi connectivity index (χ2n) is 6.82. The Balaban J connectivity index is 1.81. The van der Waals surface area contributed by atoms with Gasteiger partial charge in [0.25, 0.3) is 0 Å². The number of fused-ring (bicyclic) bond motifs is 1. The molecule has 3 aromatic rings. The van der Waals surface area contributed by atoms with E-state index in [4.69, 9.17) is 10.7 Å². The molecule has 1 aliphatic rings. The van der Waals surface area contributed by atoms with E-state index >= 15 is 0 Å². The summed E-state index contributed by atoms with van der Waals surface area (Å²) < 4.78 is 2.37. The minimum Gasteiger partial charge on any atom is -0.398 e. The highest BCUT2D eigenvalue weighted by Crippen LogP contribution is 2.29. The second-order valence-corrected chi connectivity index (χ2v) is 6.82. The molecule has 4 heteroatoms. The number of nitrogens with two attached hydrogens (primary N) is 1. The normalized spacial score (nSPS) is 18.1. The fraction of sp³-hybridized carbons (Fsp3) is 0.350. The smallest absolute Gasteiger partial charge is 0.141 e. The average molecular weight is 320 g/mol. The van der Waals surface area contributed by atoms with Crippen molar-refractivity contribution in [2.24, 2.45) is 5.92 Å². The van der Waals surface area contributed by atoms with Crippen LogP contribution in [-0.4, -0.2) is 22.6 Å². The van der Waals surface area contributed by atoms with E-state index in [1.165, 1.54) is 18.4 Å². The first-order valence-electron chi connectivity index (χ1n) is 8.75. The third kappa shape index (κ3) is 2.78. The quantitative estimate of drug-likeness (QED) is 0.725. The highest BCUT2D eigenvalue weighted by atomic mass is 15.1. The van der Waals surface area contributed by atoms with Crippen LogP contribution < -0.4 is 11.1 Å². The van der Waals surface area contributed by atoms with Crippen molar-refractivity contribution in [3.63, 3.8) is 0 Å². The molecule has 124 valence electrons. The van der Waals surface area contributed by atoms with Gasteiger partial charge in [-0.15, -0.1) is 0 Å². The van der Waals surface area contributed by atoms with E-state index < -0.39 is 0 Å². The van der Waals surface area contributed by atoms with Crippen molar-refractivity contribution in [2.45, 2.75) is 26.3 Å². The van der Waals surface area contributed by atoms with Gasteiger partial charge in [0, 0.05) is 17.8 Å². The summed E-state index contributed by atoms with van der Waals surface area (Å²) in [6.07, 6.45) is 2.53. The number of aromatic nitrogens is 2. The first-order chi connectivity index (χ1) is 11.7. The molecule has 0 spiro atoms. The molecule has 0 radical (unpaired) electrons. The van der Waals surface area contributed by atoms with Crippen LogP contribution in [0, 0.1) is 12.8 Å². The summed E-state index contributed by atoms with van der Waals surface area (Å²) in [6.45, 7) is 5.26. The van der Waals surface area contributed by atoms with Crippen LogP contribution in [0.5, 0.6) is 0 Å². The molecule has 0 saturated carbocycles. The number of nitrogens with one attached hydrogen (secondary N) is 1. The molecule has 24 heavy (non-hydrogen) atoms. The number of hydrogen-bond acceptors (Lipinski definition) is 3. The zero-order valence-corrected chi connectivity index (χ0v) is 14.1. The van der Waals surface area contributed by atoms with Gasteiger partial charge in [0.05, 0.1) is 11.0 Å². The Morgan fingerprint density at radius 1 is 1.25 bits per heavy atom. The van der Waals surface area contributed by atoms with E-state index in [-0.39, 0.29) is 0 Å². The molecular weight excluding hydrogens is 296 g/mol. The molecule has 4 nitrogen and oxygen atoms in total. The summed E-state index contributed by atoms with van der Waals surface area (Å²) in [7, 11) is 0. The van der Waals surface area contributed by atoms with Crippen molar-refractivity contribution in [3.8, 4) is 11.4 Å². The van der Waals surface area contributed by atoms with E-state index in [1.807, 2.05) is 13.0 Å². The van der Waals surface area contributed by atoms with Crippen LogP contribution in [0.15, 0.2) is 42.5 Å². The Bertz CT molecular complexity index is 859. The minimum atomic E-state index is 0.651. The summed E-state index contributed by atoms with van der Waals surface area (Å²) in [5.74, 6) is 1.67. The number of rotatable bonds is 3. The zero-order chi connectivity index (χ0) is 16.5. The van der Waals surface area contributed by atoms with Gasteiger partial charge in [-0.1, -0.05) is 24.3 Å². The van der Waals surface area contributed by atoms with Crippen LogP contribution in [0.25, 0.3) is 22.4 Å². The average Bonchev–Trinajstić information content (AvgIpc) is 2.97. The fourth-order valence-corrected chi connectivity index (χ4v) is 3.60. The molecule has 1 aromatic heterocycles. The van der Waals surface area contributed by atoms with E-state index in [9.17, 15) is 0 Å². The number of piperidine rings is 1. The predicted molar refractivity (Wildman–Crippen MR) is 99.9 cm³/mol. The number of nitrogen functional groups attached to an aromatic ring is 1. The van der Waals surface area contributed by atoms with Gasteiger partial charge in [0.2, 0.25) is 0 Å². The van der Waals surface area contributed by atoms with Gasteiger partial charge in [-0.3, -0.25) is 0 Å². The first-order valence-corrected chi connectivity index (χ1v) is 8.75. The number of nitrogens with zero attached hydrogens (tertiary/aromatic N) is 2. The number of imidazole rings is 1. The number of hydrogen-bond donors (Lipinski definition) is 2. The SMILES string of the molecule is Cc1ccc(-c2nc3ccccc3n2CC2CCCNC2)cc1N. The molecule has 1 unspecified atom stereocenters. The Labute approximate surface area is 142 Å². The molecule has 3 N–H and O–H groups in total. The molecule has 1 aliphatic heterocycles. The minimum absolute atomic E-state index is 0.651. The molecule has 2 heterocycles. The maximum absolute atomic E-state index is 6.14. The highest BCUT2D eigenvalue weighted by molar-refractivity contribution is 5.81. The first kappa shape index (κ1) is 15.2. The van der Waals surface area contributed by atoms with Crippen molar-refractivity contribution in [1.82, 2.24) is 14.9 Å². The van der Waals surface area contributed by atoms with Crippen LogP contribution in [0.2, 0.25) is 0 Å². The second kappa shape index (κ2) is 6.29. The molecule has 2 aromatic carbocycles. The van der Waals surface area contributed by atoms with Gasteiger partial charge in [-0.2, -0.15) is 0 Å². The third-order valence-electron chi connectivity index (χ3n) is 5.03. The van der Waals surface area contributed by atoms with Gasteiger partial charge < -0.3 is 15.6 Å². The Kier molecular flexibility index (Phi) is 3.98. The predicted octanol–water partition coefficient (Wildman–Crippen LogP) is 3.59. The summed E-state index contributed by atoms with van der Waals surface area (Å²) in [4.78, 5) is 4.91. The van der Waals surface area contributed by atoms with Crippen LogP contribution in [0.1, 0.15) is 18.4 Å². The molecule has 0 aliphatic carbocycles. The molecule has 0 amide bonds. The van der Waals surface area contributed by atoms with Crippen LogP contribution >= 0.6 is 0 Å². The van der Waals surface area contributed by atoms with E-state index in [2.05, 4.69) is 46.3 Å². The van der Waals surface area contributed by atoms with Gasteiger partial charge in [0.15, 0.2) is 0 Å². The lowest BCUT2D eigenvalue weighted by Gasteiger charge is -2.24. The van der Waals surface area contributed by atoms with Gasteiger partial charge >= 0.3 is 0 Å². The lowest BCUT2D eigenvalue weighted by atomic mass is 9.99. The van der Waals surface area contributed by atoms with E-state index in [1.54, 1.807) is 0 Å². The summed E-state index contributed by atoms with van der Waals surface area (Å²) in [6, 6.07) is 14.7. The van der Waals surface area contributed by atoms with Crippen molar-refractivity contribution in [2.75, 3.05) is 18.8 Å². The van der Waals surface area contributed by atoms with Gasteiger partial charge in [0.1, 0.15) is 5.82 Å². The Hall–Kier alpha value is -2.33. The van der Waals surface area contributed by atoms with Gasteiger partial charge in [-0.25, -0.2) is 4.98 Å². The molecule has 4 rings (SSSR count). The van der Waals surface area contributed by atoms with Crippen molar-refractivity contribution in [1.29, 1.82) is 0 Å². The number of anilines is 1. The maximum Gasteiger partial charge on any atom is 0.141 e. The van der Waals surface area contributed by atoms with E-state index in [0.29, 0.717) is 5.92 Å². The van der Waals surface area contributed by atoms with Crippen molar-refractivity contribution >= 4 is 16.7 Å². The summed E-state index contributed by atoms with van der Waals surface area (Å²) in [5.41, 5.74) is 11.4. The molecule has 1 atom stereocenters. The topological polar surface area (TPSA) is 55.9 Å². The maximum atomic E-state index is 6.14. The monoisotopic (exact) mass is 320 g/mol. The van der Waals surface area contributed by atoms with Crippen LogP contribution in [0.4, 0.5) is 5.69 Å². The van der Waals surface area contributed by atoms with Crippen LogP contribution in [0.3, 0.4) is 0 Å². The fourth-order valence-electron chi connectivity index (χ4n) is 3.60. The van der Waals surface area contributed by atoms with Crippen molar-refractivity contribution < 1.29 is 0 Å².